The van der Waals surface area contributed by atoms with E-state index < -0.39 is 0 Å². The summed E-state index contributed by atoms with van der Waals surface area (Å²) in [5.74, 6) is 0.121. The predicted octanol–water partition coefficient (Wildman–Crippen LogP) is 3.68. The van der Waals surface area contributed by atoms with E-state index in [1.165, 1.54) is 12.5 Å². The molecule has 2 atom stereocenters. The van der Waals surface area contributed by atoms with E-state index in [-0.39, 0.29) is 12.1 Å². The second-order valence-corrected chi connectivity index (χ2v) is 4.34. The van der Waals surface area contributed by atoms with Crippen LogP contribution in [0.1, 0.15) is 32.8 Å². The molecule has 0 saturated carbocycles. The monoisotopic (exact) mass is 232 g/mol. The summed E-state index contributed by atoms with van der Waals surface area (Å²) in [6.45, 7) is 5.47. The van der Waals surface area contributed by atoms with Crippen molar-refractivity contribution in [3.8, 4) is 0 Å². The maximum atomic E-state index is 10.8. The van der Waals surface area contributed by atoms with Crippen LogP contribution >= 0.6 is 0 Å². The van der Waals surface area contributed by atoms with E-state index in [1.54, 1.807) is 0 Å². The summed E-state index contributed by atoms with van der Waals surface area (Å²) in [5.41, 5.74) is 1.19. The normalized spacial score (nSPS) is 14.5. The molecule has 0 spiro atoms. The van der Waals surface area contributed by atoms with Crippen molar-refractivity contribution in [2.45, 2.75) is 33.3 Å². The lowest BCUT2D eigenvalue weighted by atomic mass is 10.0. The molecule has 0 amide bonds. The molecular formula is C15H20O2. The Kier molecular flexibility index (Phi) is 5.47. The third-order valence-electron chi connectivity index (χ3n) is 2.77. The summed E-state index contributed by atoms with van der Waals surface area (Å²) in [4.78, 5) is 10.8. The summed E-state index contributed by atoms with van der Waals surface area (Å²) in [6, 6.07) is 10.2. The van der Waals surface area contributed by atoms with E-state index in [0.29, 0.717) is 5.92 Å². The Hall–Kier alpha value is -1.57. The molecule has 1 rings (SSSR count). The summed E-state index contributed by atoms with van der Waals surface area (Å²) in [6.07, 6.45) is 5.09. The van der Waals surface area contributed by atoms with Crippen molar-refractivity contribution in [1.29, 1.82) is 0 Å². The standard InChI is InChI=1S/C15H20O2/c1-12(13(2)17-14(3)16)8-7-11-15-9-5-4-6-10-15/h4-7,9-13H,8H2,1-3H3. The molecule has 17 heavy (non-hydrogen) atoms. The Balaban J connectivity index is 2.40. The van der Waals surface area contributed by atoms with Crippen LogP contribution < -0.4 is 0 Å². The van der Waals surface area contributed by atoms with Gasteiger partial charge in [0.15, 0.2) is 0 Å². The third-order valence-corrected chi connectivity index (χ3v) is 2.77. The number of hydrogen-bond donors (Lipinski definition) is 0. The average molecular weight is 232 g/mol. The molecule has 1 aromatic rings. The van der Waals surface area contributed by atoms with Crippen LogP contribution in [0.5, 0.6) is 0 Å². The van der Waals surface area contributed by atoms with Crippen molar-refractivity contribution >= 4 is 12.0 Å². The quantitative estimate of drug-likeness (QED) is 0.724. The highest BCUT2D eigenvalue weighted by Gasteiger charge is 2.12. The summed E-state index contributed by atoms with van der Waals surface area (Å²) in [5, 5.41) is 0. The molecule has 0 aliphatic carbocycles. The second-order valence-electron chi connectivity index (χ2n) is 4.34. The van der Waals surface area contributed by atoms with Crippen molar-refractivity contribution in [2.24, 2.45) is 5.92 Å². The fraction of sp³-hybridized carbons (Fsp3) is 0.400. The molecule has 0 aliphatic heterocycles. The maximum Gasteiger partial charge on any atom is 0.302 e. The van der Waals surface area contributed by atoms with E-state index in [0.717, 1.165) is 6.42 Å². The number of carbonyl (C=O) groups is 1. The smallest absolute Gasteiger partial charge is 0.302 e. The number of carbonyl (C=O) groups excluding carboxylic acids is 1. The van der Waals surface area contributed by atoms with Crippen LogP contribution in [0.3, 0.4) is 0 Å². The van der Waals surface area contributed by atoms with Gasteiger partial charge in [-0.1, -0.05) is 49.4 Å². The van der Waals surface area contributed by atoms with Crippen LogP contribution in [0.15, 0.2) is 36.4 Å². The summed E-state index contributed by atoms with van der Waals surface area (Å²) in [7, 11) is 0. The van der Waals surface area contributed by atoms with Crippen molar-refractivity contribution in [3.05, 3.63) is 42.0 Å². The minimum Gasteiger partial charge on any atom is -0.463 e. The van der Waals surface area contributed by atoms with Gasteiger partial charge in [-0.25, -0.2) is 0 Å². The van der Waals surface area contributed by atoms with Gasteiger partial charge in [0.2, 0.25) is 0 Å². The van der Waals surface area contributed by atoms with Gasteiger partial charge < -0.3 is 4.74 Å². The van der Waals surface area contributed by atoms with Gasteiger partial charge in [0.05, 0.1) is 0 Å². The zero-order valence-corrected chi connectivity index (χ0v) is 10.7. The summed E-state index contributed by atoms with van der Waals surface area (Å²) < 4.78 is 5.14. The molecule has 0 fully saturated rings. The van der Waals surface area contributed by atoms with E-state index in [2.05, 4.69) is 31.2 Å². The molecule has 0 bridgehead atoms. The molecular weight excluding hydrogens is 212 g/mol. The molecule has 0 aromatic heterocycles. The number of ether oxygens (including phenoxy) is 1. The highest BCUT2D eigenvalue weighted by atomic mass is 16.5. The zero-order chi connectivity index (χ0) is 12.7. The molecule has 1 aromatic carbocycles. The SMILES string of the molecule is CC(=O)OC(C)C(C)CC=Cc1ccccc1. The van der Waals surface area contributed by atoms with Crippen molar-refractivity contribution in [3.63, 3.8) is 0 Å². The molecule has 2 nitrogen and oxygen atoms in total. The lowest BCUT2D eigenvalue weighted by molar-refractivity contribution is -0.147. The Bertz CT molecular complexity index is 368. The topological polar surface area (TPSA) is 26.3 Å². The van der Waals surface area contributed by atoms with Crippen LogP contribution in [0, 0.1) is 5.92 Å². The third kappa shape index (κ3) is 5.34. The van der Waals surface area contributed by atoms with Gasteiger partial charge in [-0.05, 0) is 24.8 Å². The number of hydrogen-bond acceptors (Lipinski definition) is 2. The van der Waals surface area contributed by atoms with E-state index in [4.69, 9.17) is 4.74 Å². The van der Waals surface area contributed by atoms with Crippen LogP contribution in [0.4, 0.5) is 0 Å². The average Bonchev–Trinajstić information content (AvgIpc) is 2.29. The minimum absolute atomic E-state index is 0.0343. The van der Waals surface area contributed by atoms with E-state index in [1.807, 2.05) is 25.1 Å². The van der Waals surface area contributed by atoms with E-state index >= 15 is 0 Å². The van der Waals surface area contributed by atoms with Crippen LogP contribution in [-0.4, -0.2) is 12.1 Å². The fourth-order valence-electron chi connectivity index (χ4n) is 1.55. The molecule has 2 unspecified atom stereocenters. The van der Waals surface area contributed by atoms with Gasteiger partial charge >= 0.3 is 5.97 Å². The second kappa shape index (κ2) is 6.89. The van der Waals surface area contributed by atoms with E-state index in [9.17, 15) is 4.79 Å². The molecule has 92 valence electrons. The first kappa shape index (κ1) is 13.5. The molecule has 2 heteroatoms. The van der Waals surface area contributed by atoms with Crippen LogP contribution in [-0.2, 0) is 9.53 Å². The zero-order valence-electron chi connectivity index (χ0n) is 10.7. The Labute approximate surface area is 103 Å². The van der Waals surface area contributed by atoms with Crippen molar-refractivity contribution < 1.29 is 9.53 Å². The maximum absolute atomic E-state index is 10.8. The fourth-order valence-corrected chi connectivity index (χ4v) is 1.55. The molecule has 0 radical (unpaired) electrons. The lowest BCUT2D eigenvalue weighted by Gasteiger charge is -2.17. The number of allylic oxidation sites excluding steroid dienone is 1. The first-order valence-corrected chi connectivity index (χ1v) is 5.98. The highest BCUT2D eigenvalue weighted by Crippen LogP contribution is 2.13. The lowest BCUT2D eigenvalue weighted by Crippen LogP contribution is -2.20. The van der Waals surface area contributed by atoms with Gasteiger partial charge in [0.1, 0.15) is 6.10 Å². The largest absolute Gasteiger partial charge is 0.463 e. The van der Waals surface area contributed by atoms with Crippen LogP contribution in [0.25, 0.3) is 6.08 Å². The Morgan fingerprint density at radius 1 is 1.29 bits per heavy atom. The number of esters is 1. The first-order chi connectivity index (χ1) is 8.09. The molecule has 0 heterocycles. The highest BCUT2D eigenvalue weighted by molar-refractivity contribution is 5.66. The molecule has 0 N–H and O–H groups in total. The number of rotatable bonds is 5. The molecule has 0 saturated heterocycles. The van der Waals surface area contributed by atoms with Crippen molar-refractivity contribution in [1.82, 2.24) is 0 Å². The van der Waals surface area contributed by atoms with Crippen LogP contribution in [0.2, 0.25) is 0 Å². The van der Waals surface area contributed by atoms with Gasteiger partial charge in [-0.2, -0.15) is 0 Å². The minimum atomic E-state index is -0.212. The predicted molar refractivity (Wildman–Crippen MR) is 70.5 cm³/mol. The van der Waals surface area contributed by atoms with Gasteiger partial charge in [0, 0.05) is 6.92 Å². The Morgan fingerprint density at radius 3 is 2.53 bits per heavy atom. The summed E-state index contributed by atoms with van der Waals surface area (Å²) >= 11 is 0. The number of benzene rings is 1. The van der Waals surface area contributed by atoms with Crippen molar-refractivity contribution in [2.75, 3.05) is 0 Å². The molecule has 0 aliphatic rings. The van der Waals surface area contributed by atoms with Gasteiger partial charge in [-0.3, -0.25) is 4.79 Å². The Morgan fingerprint density at radius 2 is 1.94 bits per heavy atom. The van der Waals surface area contributed by atoms with Gasteiger partial charge in [-0.15, -0.1) is 0 Å². The first-order valence-electron chi connectivity index (χ1n) is 5.98. The van der Waals surface area contributed by atoms with Gasteiger partial charge in [0.25, 0.3) is 0 Å².